The Labute approximate surface area is 151 Å². The van der Waals surface area contributed by atoms with Crippen LogP contribution in [0.5, 0.6) is 0 Å². The summed E-state index contributed by atoms with van der Waals surface area (Å²) in [6, 6.07) is 11.7. The summed E-state index contributed by atoms with van der Waals surface area (Å²) in [6.07, 6.45) is 9.56. The molecule has 1 aromatic heterocycles. The van der Waals surface area contributed by atoms with E-state index < -0.39 is 0 Å². The molecule has 2 aliphatic carbocycles. The highest BCUT2D eigenvalue weighted by atomic mass is 15.0. The molecular weight excluding hydrogens is 306 g/mol. The van der Waals surface area contributed by atoms with Crippen LogP contribution in [0.4, 0.5) is 0 Å². The number of aromatic nitrogens is 2. The molecule has 0 bridgehead atoms. The second-order valence-corrected chi connectivity index (χ2v) is 8.06. The zero-order valence-corrected chi connectivity index (χ0v) is 15.4. The normalized spacial score (nSPS) is 28.4. The second kappa shape index (κ2) is 7.25. The SMILES string of the molecule is CC(C)c1ncc(CN[C@H]2[C@H]3CCCC[C@@H]3[C@@H]2c2ccccc2)cn1. The van der Waals surface area contributed by atoms with Crippen molar-refractivity contribution in [3.8, 4) is 0 Å². The van der Waals surface area contributed by atoms with Crippen LogP contribution >= 0.6 is 0 Å². The minimum atomic E-state index is 0.388. The summed E-state index contributed by atoms with van der Waals surface area (Å²) in [4.78, 5) is 9.02. The van der Waals surface area contributed by atoms with Crippen LogP contribution in [0, 0.1) is 11.8 Å². The Morgan fingerprint density at radius 2 is 1.68 bits per heavy atom. The molecule has 2 aromatic rings. The van der Waals surface area contributed by atoms with Gasteiger partial charge in [-0.1, -0.05) is 57.0 Å². The van der Waals surface area contributed by atoms with Crippen molar-refractivity contribution in [2.45, 2.75) is 64.0 Å². The molecule has 0 spiro atoms. The van der Waals surface area contributed by atoms with Crippen LogP contribution in [-0.4, -0.2) is 16.0 Å². The first kappa shape index (κ1) is 16.7. The highest BCUT2D eigenvalue weighted by Gasteiger charge is 2.50. The van der Waals surface area contributed by atoms with Gasteiger partial charge in [0, 0.05) is 42.4 Å². The van der Waals surface area contributed by atoms with Gasteiger partial charge in [0.2, 0.25) is 0 Å². The lowest BCUT2D eigenvalue weighted by atomic mass is 9.53. The lowest BCUT2D eigenvalue weighted by Crippen LogP contribution is -2.57. The molecule has 3 nitrogen and oxygen atoms in total. The van der Waals surface area contributed by atoms with E-state index in [1.54, 1.807) is 0 Å². The van der Waals surface area contributed by atoms with Gasteiger partial charge < -0.3 is 5.32 Å². The van der Waals surface area contributed by atoms with E-state index in [0.717, 1.165) is 24.2 Å². The van der Waals surface area contributed by atoms with Gasteiger partial charge in [0.05, 0.1) is 0 Å². The van der Waals surface area contributed by atoms with Gasteiger partial charge in [0.25, 0.3) is 0 Å². The van der Waals surface area contributed by atoms with Gasteiger partial charge in [-0.25, -0.2) is 9.97 Å². The second-order valence-electron chi connectivity index (χ2n) is 8.06. The Bertz CT molecular complexity index is 680. The molecule has 0 amide bonds. The molecule has 3 heteroatoms. The molecule has 0 radical (unpaired) electrons. The number of nitrogens with one attached hydrogen (secondary N) is 1. The van der Waals surface area contributed by atoms with Crippen LogP contribution in [-0.2, 0) is 6.54 Å². The molecule has 2 saturated carbocycles. The first-order chi connectivity index (χ1) is 12.2. The molecule has 1 aromatic carbocycles. The third-order valence-corrected chi connectivity index (χ3v) is 6.15. The van der Waals surface area contributed by atoms with Crippen LogP contribution in [0.3, 0.4) is 0 Å². The van der Waals surface area contributed by atoms with E-state index in [1.165, 1.54) is 36.8 Å². The maximum Gasteiger partial charge on any atom is 0.130 e. The van der Waals surface area contributed by atoms with Gasteiger partial charge in [-0.05, 0) is 30.2 Å². The fourth-order valence-corrected chi connectivity index (χ4v) is 4.87. The summed E-state index contributed by atoms with van der Waals surface area (Å²) in [6.45, 7) is 5.14. The number of rotatable bonds is 5. The predicted octanol–water partition coefficient (Wildman–Crippen LogP) is 4.66. The predicted molar refractivity (Wildman–Crippen MR) is 101 cm³/mol. The van der Waals surface area contributed by atoms with E-state index in [1.807, 2.05) is 12.4 Å². The van der Waals surface area contributed by atoms with E-state index in [0.29, 0.717) is 17.9 Å². The lowest BCUT2D eigenvalue weighted by molar-refractivity contribution is 0.0254. The third kappa shape index (κ3) is 3.35. The minimum Gasteiger partial charge on any atom is -0.309 e. The van der Waals surface area contributed by atoms with Crippen molar-refractivity contribution in [3.63, 3.8) is 0 Å². The number of hydrogen-bond donors (Lipinski definition) is 1. The molecular formula is C22H29N3. The molecule has 2 aliphatic rings. The average molecular weight is 335 g/mol. The summed E-state index contributed by atoms with van der Waals surface area (Å²) in [5.74, 6) is 3.70. The van der Waals surface area contributed by atoms with E-state index in [9.17, 15) is 0 Å². The summed E-state index contributed by atoms with van der Waals surface area (Å²) in [5, 5.41) is 3.85. The zero-order valence-electron chi connectivity index (χ0n) is 15.4. The molecule has 1 heterocycles. The Morgan fingerprint density at radius 3 is 2.36 bits per heavy atom. The number of fused-ring (bicyclic) bond motifs is 1. The van der Waals surface area contributed by atoms with Crippen LogP contribution in [0.2, 0.25) is 0 Å². The first-order valence-electron chi connectivity index (χ1n) is 9.83. The van der Waals surface area contributed by atoms with Gasteiger partial charge in [-0.3, -0.25) is 0 Å². The molecule has 1 N–H and O–H groups in total. The highest BCUT2D eigenvalue weighted by molar-refractivity contribution is 5.28. The van der Waals surface area contributed by atoms with E-state index in [2.05, 4.69) is 59.5 Å². The van der Waals surface area contributed by atoms with Gasteiger partial charge in [-0.2, -0.15) is 0 Å². The fraction of sp³-hybridized carbons (Fsp3) is 0.545. The Morgan fingerprint density at radius 1 is 1.00 bits per heavy atom. The topological polar surface area (TPSA) is 37.8 Å². The van der Waals surface area contributed by atoms with Crippen LogP contribution in [0.1, 0.15) is 68.3 Å². The van der Waals surface area contributed by atoms with E-state index in [-0.39, 0.29) is 0 Å². The van der Waals surface area contributed by atoms with Crippen molar-refractivity contribution < 1.29 is 0 Å². The molecule has 0 unspecified atom stereocenters. The molecule has 0 aliphatic heterocycles. The molecule has 4 atom stereocenters. The summed E-state index contributed by atoms with van der Waals surface area (Å²) >= 11 is 0. The molecule has 25 heavy (non-hydrogen) atoms. The smallest absolute Gasteiger partial charge is 0.130 e. The fourth-order valence-electron chi connectivity index (χ4n) is 4.87. The Kier molecular flexibility index (Phi) is 4.85. The van der Waals surface area contributed by atoms with Crippen LogP contribution in [0.15, 0.2) is 42.7 Å². The van der Waals surface area contributed by atoms with Crippen molar-refractivity contribution in [1.29, 1.82) is 0 Å². The van der Waals surface area contributed by atoms with Crippen molar-refractivity contribution in [2.24, 2.45) is 11.8 Å². The van der Waals surface area contributed by atoms with Crippen LogP contribution in [0.25, 0.3) is 0 Å². The Hall–Kier alpha value is -1.74. The van der Waals surface area contributed by atoms with Crippen molar-refractivity contribution in [2.75, 3.05) is 0 Å². The van der Waals surface area contributed by atoms with Gasteiger partial charge in [0.15, 0.2) is 0 Å². The monoisotopic (exact) mass is 335 g/mol. The zero-order chi connectivity index (χ0) is 17.2. The summed E-state index contributed by atoms with van der Waals surface area (Å²) < 4.78 is 0. The van der Waals surface area contributed by atoms with Gasteiger partial charge >= 0.3 is 0 Å². The Balaban J connectivity index is 1.46. The maximum absolute atomic E-state index is 4.51. The standard InChI is InChI=1S/C22H29N3/c1-15(2)22-24-13-16(14-25-22)12-23-21-19-11-7-6-10-18(19)20(21)17-8-4-3-5-9-17/h3-5,8-9,13-15,18-21,23H,6-7,10-12H2,1-2H3/t18-,19-,20-,21-/m0/s1. The average Bonchev–Trinajstić information content (AvgIpc) is 2.64. The van der Waals surface area contributed by atoms with Gasteiger partial charge in [0.1, 0.15) is 5.82 Å². The molecule has 0 saturated heterocycles. The van der Waals surface area contributed by atoms with Crippen LogP contribution < -0.4 is 5.32 Å². The first-order valence-corrected chi connectivity index (χ1v) is 9.83. The maximum atomic E-state index is 4.51. The molecule has 2 fully saturated rings. The van der Waals surface area contributed by atoms with Crippen molar-refractivity contribution in [1.82, 2.24) is 15.3 Å². The third-order valence-electron chi connectivity index (χ3n) is 6.15. The minimum absolute atomic E-state index is 0.388. The highest BCUT2D eigenvalue weighted by Crippen LogP contribution is 2.54. The lowest BCUT2D eigenvalue weighted by Gasteiger charge is -2.55. The molecule has 132 valence electrons. The number of benzene rings is 1. The van der Waals surface area contributed by atoms with Crippen molar-refractivity contribution in [3.05, 3.63) is 59.7 Å². The number of hydrogen-bond acceptors (Lipinski definition) is 3. The largest absolute Gasteiger partial charge is 0.309 e. The van der Waals surface area contributed by atoms with E-state index in [4.69, 9.17) is 0 Å². The summed E-state index contributed by atoms with van der Waals surface area (Å²) in [5.41, 5.74) is 2.70. The van der Waals surface area contributed by atoms with Gasteiger partial charge in [-0.15, -0.1) is 0 Å². The van der Waals surface area contributed by atoms with E-state index >= 15 is 0 Å². The summed E-state index contributed by atoms with van der Waals surface area (Å²) in [7, 11) is 0. The van der Waals surface area contributed by atoms with Crippen molar-refractivity contribution >= 4 is 0 Å². The number of nitrogens with zero attached hydrogens (tertiary/aromatic N) is 2. The quantitative estimate of drug-likeness (QED) is 0.863. The molecule has 4 rings (SSSR count).